The van der Waals surface area contributed by atoms with Gasteiger partial charge in [-0.1, -0.05) is 18.5 Å². The number of likely N-dealkylation sites (tertiary alicyclic amines) is 1. The lowest BCUT2D eigenvalue weighted by molar-refractivity contribution is 0.112. The number of nitrogens with zero attached hydrogens (tertiary/aromatic N) is 3. The van der Waals surface area contributed by atoms with Crippen molar-refractivity contribution in [1.82, 2.24) is 14.9 Å². The van der Waals surface area contributed by atoms with Gasteiger partial charge in [-0.05, 0) is 26.3 Å². The van der Waals surface area contributed by atoms with E-state index in [9.17, 15) is 4.79 Å². The highest BCUT2D eigenvalue weighted by Crippen LogP contribution is 2.22. The van der Waals surface area contributed by atoms with Crippen LogP contribution in [0.4, 0.5) is 5.82 Å². The average molecular weight is 283 g/mol. The van der Waals surface area contributed by atoms with Crippen LogP contribution in [0, 0.1) is 6.92 Å². The average Bonchev–Trinajstić information content (AvgIpc) is 2.39. The lowest BCUT2D eigenvalue weighted by Crippen LogP contribution is -2.39. The largest absolute Gasteiger partial charge is 0.366 e. The second kappa shape index (κ2) is 6.30. The zero-order chi connectivity index (χ0) is 13.8. The quantitative estimate of drug-likeness (QED) is 0.677. The van der Waals surface area contributed by atoms with Gasteiger partial charge in [-0.2, -0.15) is 0 Å². The third-order valence-electron chi connectivity index (χ3n) is 3.50. The fourth-order valence-corrected chi connectivity index (χ4v) is 2.60. The van der Waals surface area contributed by atoms with Gasteiger partial charge in [-0.25, -0.2) is 9.97 Å². The van der Waals surface area contributed by atoms with Gasteiger partial charge in [-0.3, -0.25) is 4.79 Å². The zero-order valence-electron chi connectivity index (χ0n) is 11.3. The Morgan fingerprint density at radius 2 is 2.11 bits per heavy atom. The van der Waals surface area contributed by atoms with Gasteiger partial charge in [0.05, 0.1) is 5.56 Å². The van der Waals surface area contributed by atoms with Crippen LogP contribution in [0.2, 0.25) is 5.15 Å². The molecule has 1 fully saturated rings. The number of aryl methyl sites for hydroxylation is 1. The molecule has 5 nitrogen and oxygen atoms in total. The van der Waals surface area contributed by atoms with Crippen LogP contribution in [-0.4, -0.2) is 46.8 Å². The summed E-state index contributed by atoms with van der Waals surface area (Å²) in [6.07, 6.45) is 2.81. The minimum absolute atomic E-state index is 0.219. The molecule has 1 aromatic heterocycles. The Kier molecular flexibility index (Phi) is 4.71. The first-order chi connectivity index (χ1) is 9.13. The van der Waals surface area contributed by atoms with Crippen molar-refractivity contribution < 1.29 is 4.79 Å². The molecule has 104 valence electrons. The summed E-state index contributed by atoms with van der Waals surface area (Å²) in [6, 6.07) is 0.340. The molecular formula is C13H19ClN4O. The maximum Gasteiger partial charge on any atom is 0.156 e. The highest BCUT2D eigenvalue weighted by Gasteiger charge is 2.20. The standard InChI is InChI=1S/C13H19ClN4O/c1-3-18-6-4-10(5-7-18)17-13-11(8-19)12(14)15-9(2)16-13/h8,10H,3-7H2,1-2H3,(H,15,16,17). The molecule has 0 aliphatic carbocycles. The number of halogens is 1. The molecule has 0 radical (unpaired) electrons. The molecule has 1 saturated heterocycles. The SMILES string of the molecule is CCN1CCC(Nc2nc(C)nc(Cl)c2C=O)CC1. The fourth-order valence-electron chi connectivity index (χ4n) is 2.35. The summed E-state index contributed by atoms with van der Waals surface area (Å²) < 4.78 is 0. The number of carbonyl (C=O) groups is 1. The summed E-state index contributed by atoms with van der Waals surface area (Å²) in [6.45, 7) is 7.17. The Morgan fingerprint density at radius 1 is 1.42 bits per heavy atom. The number of rotatable bonds is 4. The number of hydrogen-bond acceptors (Lipinski definition) is 5. The van der Waals surface area contributed by atoms with Crippen molar-refractivity contribution in [1.29, 1.82) is 0 Å². The van der Waals surface area contributed by atoms with E-state index in [1.807, 2.05) is 0 Å². The van der Waals surface area contributed by atoms with E-state index in [-0.39, 0.29) is 5.15 Å². The molecule has 0 bridgehead atoms. The summed E-state index contributed by atoms with van der Waals surface area (Å²) >= 11 is 5.97. The van der Waals surface area contributed by atoms with Gasteiger partial charge >= 0.3 is 0 Å². The Morgan fingerprint density at radius 3 is 2.68 bits per heavy atom. The third kappa shape index (κ3) is 3.42. The van der Waals surface area contributed by atoms with Gasteiger partial charge in [0.25, 0.3) is 0 Å². The minimum Gasteiger partial charge on any atom is -0.366 e. The molecule has 19 heavy (non-hydrogen) atoms. The first-order valence-corrected chi connectivity index (χ1v) is 7.00. The van der Waals surface area contributed by atoms with Gasteiger partial charge in [-0.15, -0.1) is 0 Å². The van der Waals surface area contributed by atoms with Crippen molar-refractivity contribution in [3.63, 3.8) is 0 Å². The van der Waals surface area contributed by atoms with Gasteiger partial charge in [0.2, 0.25) is 0 Å². The maximum atomic E-state index is 11.1. The monoisotopic (exact) mass is 282 g/mol. The van der Waals surface area contributed by atoms with Crippen LogP contribution in [0.3, 0.4) is 0 Å². The van der Waals surface area contributed by atoms with Crippen LogP contribution >= 0.6 is 11.6 Å². The number of anilines is 1. The van der Waals surface area contributed by atoms with Crippen LogP contribution in [0.15, 0.2) is 0 Å². The molecule has 0 unspecified atom stereocenters. The number of hydrogen-bond donors (Lipinski definition) is 1. The molecule has 6 heteroatoms. The molecule has 1 aliphatic rings. The van der Waals surface area contributed by atoms with Crippen molar-refractivity contribution >= 4 is 23.7 Å². The van der Waals surface area contributed by atoms with Crippen LogP contribution < -0.4 is 5.32 Å². The van der Waals surface area contributed by atoms with Crippen LogP contribution in [-0.2, 0) is 0 Å². The Bertz CT molecular complexity index is 458. The van der Waals surface area contributed by atoms with Crippen molar-refractivity contribution in [3.05, 3.63) is 16.5 Å². The van der Waals surface area contributed by atoms with E-state index in [1.54, 1.807) is 6.92 Å². The molecular weight excluding hydrogens is 264 g/mol. The van der Waals surface area contributed by atoms with Crippen molar-refractivity contribution in [2.75, 3.05) is 25.0 Å². The second-order valence-electron chi connectivity index (χ2n) is 4.79. The Balaban J connectivity index is 2.09. The smallest absolute Gasteiger partial charge is 0.156 e. The first-order valence-electron chi connectivity index (χ1n) is 6.62. The Hall–Kier alpha value is -1.20. The molecule has 1 aromatic rings. The predicted molar refractivity (Wildman–Crippen MR) is 75.9 cm³/mol. The zero-order valence-corrected chi connectivity index (χ0v) is 12.1. The van der Waals surface area contributed by atoms with E-state index in [0.717, 1.165) is 32.5 Å². The van der Waals surface area contributed by atoms with Crippen LogP contribution in [0.1, 0.15) is 35.9 Å². The molecule has 1 N–H and O–H groups in total. The topological polar surface area (TPSA) is 58.1 Å². The maximum absolute atomic E-state index is 11.1. The van der Waals surface area contributed by atoms with E-state index in [0.29, 0.717) is 29.5 Å². The molecule has 0 atom stereocenters. The van der Waals surface area contributed by atoms with Crippen LogP contribution in [0.5, 0.6) is 0 Å². The molecule has 0 amide bonds. The van der Waals surface area contributed by atoms with Crippen LogP contribution in [0.25, 0.3) is 0 Å². The lowest BCUT2D eigenvalue weighted by atomic mass is 10.0. The van der Waals surface area contributed by atoms with Gasteiger partial charge in [0.1, 0.15) is 16.8 Å². The van der Waals surface area contributed by atoms with E-state index in [4.69, 9.17) is 11.6 Å². The van der Waals surface area contributed by atoms with E-state index < -0.39 is 0 Å². The summed E-state index contributed by atoms with van der Waals surface area (Å²) in [4.78, 5) is 21.8. The first kappa shape index (κ1) is 14.2. The summed E-state index contributed by atoms with van der Waals surface area (Å²) in [5.74, 6) is 1.13. The molecule has 2 heterocycles. The number of piperidine rings is 1. The van der Waals surface area contributed by atoms with E-state index in [2.05, 4.69) is 27.1 Å². The summed E-state index contributed by atoms with van der Waals surface area (Å²) in [7, 11) is 0. The number of carbonyl (C=O) groups excluding carboxylic acids is 1. The summed E-state index contributed by atoms with van der Waals surface area (Å²) in [5, 5.41) is 3.55. The second-order valence-corrected chi connectivity index (χ2v) is 5.15. The molecule has 1 aliphatic heterocycles. The molecule has 0 spiro atoms. The van der Waals surface area contributed by atoms with E-state index in [1.165, 1.54) is 0 Å². The minimum atomic E-state index is 0.219. The normalized spacial score (nSPS) is 17.4. The Labute approximate surface area is 118 Å². The fraction of sp³-hybridized carbons (Fsp3) is 0.615. The van der Waals surface area contributed by atoms with Gasteiger partial charge < -0.3 is 10.2 Å². The number of aldehydes is 1. The molecule has 0 aromatic carbocycles. The summed E-state index contributed by atoms with van der Waals surface area (Å²) in [5.41, 5.74) is 0.352. The molecule has 0 saturated carbocycles. The lowest BCUT2D eigenvalue weighted by Gasteiger charge is -2.31. The number of nitrogens with one attached hydrogen (secondary N) is 1. The highest BCUT2D eigenvalue weighted by molar-refractivity contribution is 6.32. The van der Waals surface area contributed by atoms with Crippen molar-refractivity contribution in [3.8, 4) is 0 Å². The van der Waals surface area contributed by atoms with Crippen molar-refractivity contribution in [2.24, 2.45) is 0 Å². The third-order valence-corrected chi connectivity index (χ3v) is 3.79. The van der Waals surface area contributed by atoms with Gasteiger partial charge in [0, 0.05) is 19.1 Å². The van der Waals surface area contributed by atoms with Gasteiger partial charge in [0.15, 0.2) is 6.29 Å². The molecule has 2 rings (SSSR count). The van der Waals surface area contributed by atoms with Crippen molar-refractivity contribution in [2.45, 2.75) is 32.7 Å². The predicted octanol–water partition coefficient (Wildman–Crippen LogP) is 2.15. The number of aromatic nitrogens is 2. The highest BCUT2D eigenvalue weighted by atomic mass is 35.5. The van der Waals surface area contributed by atoms with E-state index >= 15 is 0 Å².